The zero-order chi connectivity index (χ0) is 15.5. The molecule has 112 valence electrons. The van der Waals surface area contributed by atoms with Gasteiger partial charge in [-0.15, -0.1) is 0 Å². The normalized spacial score (nSPS) is 13.1. The molecule has 1 aromatic carbocycles. The number of hydrogen-bond donors (Lipinski definition) is 1. The second kappa shape index (κ2) is 6.09. The van der Waals surface area contributed by atoms with E-state index in [1.165, 1.54) is 0 Å². The maximum Gasteiger partial charge on any atom is 0.422 e. The van der Waals surface area contributed by atoms with Crippen molar-refractivity contribution in [2.45, 2.75) is 18.6 Å². The highest BCUT2D eigenvalue weighted by molar-refractivity contribution is 5.80. The summed E-state index contributed by atoms with van der Waals surface area (Å²) in [6, 6.07) is 7.76. The third-order valence-electron chi connectivity index (χ3n) is 2.80. The molecule has 0 unspecified atom stereocenters. The van der Waals surface area contributed by atoms with Gasteiger partial charge < -0.3 is 10.5 Å². The summed E-state index contributed by atoms with van der Waals surface area (Å²) in [5.74, 6) is -1.07. The largest absolute Gasteiger partial charge is 0.455 e. The Balaban J connectivity index is 2.00. The number of halogens is 3. The molecule has 0 aliphatic heterocycles. The van der Waals surface area contributed by atoms with E-state index in [9.17, 15) is 18.0 Å². The van der Waals surface area contributed by atoms with Crippen LogP contribution in [0.15, 0.2) is 36.5 Å². The van der Waals surface area contributed by atoms with Gasteiger partial charge in [-0.05, 0) is 30.2 Å². The average molecular weight is 298 g/mol. The Bertz CT molecular complexity index is 643. The Labute approximate surface area is 118 Å². The third-order valence-corrected chi connectivity index (χ3v) is 2.80. The van der Waals surface area contributed by atoms with Gasteiger partial charge in [-0.25, -0.2) is 0 Å². The predicted octanol–water partition coefficient (Wildman–Crippen LogP) is 2.21. The van der Waals surface area contributed by atoms with Crippen LogP contribution < -0.4 is 5.73 Å². The average Bonchev–Trinajstić information content (AvgIpc) is 2.43. The van der Waals surface area contributed by atoms with E-state index >= 15 is 0 Å². The minimum Gasteiger partial charge on any atom is -0.455 e. The van der Waals surface area contributed by atoms with Crippen molar-refractivity contribution in [3.8, 4) is 0 Å². The first-order chi connectivity index (χ1) is 9.85. The summed E-state index contributed by atoms with van der Waals surface area (Å²) < 4.78 is 40.0. The van der Waals surface area contributed by atoms with E-state index in [0.29, 0.717) is 0 Å². The molecule has 0 aliphatic carbocycles. The number of nitrogens with two attached hydrogens (primary N) is 1. The zero-order valence-corrected chi connectivity index (χ0v) is 10.9. The molecule has 7 heteroatoms. The van der Waals surface area contributed by atoms with Crippen molar-refractivity contribution in [2.24, 2.45) is 5.73 Å². The van der Waals surface area contributed by atoms with Crippen molar-refractivity contribution in [3.05, 3.63) is 42.1 Å². The number of benzene rings is 1. The minimum atomic E-state index is -4.55. The Morgan fingerprint density at radius 1 is 1.33 bits per heavy atom. The molecule has 0 radical (unpaired) electrons. The topological polar surface area (TPSA) is 65.2 Å². The van der Waals surface area contributed by atoms with Crippen LogP contribution in [0.5, 0.6) is 0 Å². The molecule has 0 amide bonds. The molecule has 4 nitrogen and oxygen atoms in total. The molecule has 1 aromatic heterocycles. The Hall–Kier alpha value is -2.15. The molecule has 0 fully saturated rings. The lowest BCUT2D eigenvalue weighted by Gasteiger charge is -2.13. The lowest BCUT2D eigenvalue weighted by atomic mass is 10.0. The fourth-order valence-electron chi connectivity index (χ4n) is 1.85. The molecule has 0 spiro atoms. The smallest absolute Gasteiger partial charge is 0.422 e. The van der Waals surface area contributed by atoms with E-state index in [-0.39, 0.29) is 6.42 Å². The lowest BCUT2D eigenvalue weighted by molar-refractivity contribution is -0.187. The summed E-state index contributed by atoms with van der Waals surface area (Å²) in [5.41, 5.74) is 7.08. The second-order valence-corrected chi connectivity index (χ2v) is 4.56. The van der Waals surface area contributed by atoms with Crippen LogP contribution in [0.3, 0.4) is 0 Å². The van der Waals surface area contributed by atoms with Crippen molar-refractivity contribution >= 4 is 16.9 Å². The van der Waals surface area contributed by atoms with Crippen LogP contribution in [0.2, 0.25) is 0 Å². The summed E-state index contributed by atoms with van der Waals surface area (Å²) in [6.45, 7) is -1.62. The van der Waals surface area contributed by atoms with E-state index in [4.69, 9.17) is 5.73 Å². The summed E-state index contributed by atoms with van der Waals surface area (Å²) in [4.78, 5) is 15.5. The van der Waals surface area contributed by atoms with Crippen molar-refractivity contribution in [1.82, 2.24) is 4.98 Å². The van der Waals surface area contributed by atoms with Gasteiger partial charge in [0.25, 0.3) is 0 Å². The Morgan fingerprint density at radius 3 is 2.81 bits per heavy atom. The molecule has 1 heterocycles. The summed E-state index contributed by atoms with van der Waals surface area (Å²) in [5, 5.41) is 0.867. The van der Waals surface area contributed by atoms with Crippen LogP contribution in [0, 0.1) is 0 Å². The van der Waals surface area contributed by atoms with Gasteiger partial charge in [-0.1, -0.05) is 12.1 Å². The van der Waals surface area contributed by atoms with Crippen molar-refractivity contribution < 1.29 is 22.7 Å². The van der Waals surface area contributed by atoms with E-state index < -0.39 is 24.8 Å². The predicted molar refractivity (Wildman–Crippen MR) is 70.4 cm³/mol. The second-order valence-electron chi connectivity index (χ2n) is 4.56. The maximum absolute atomic E-state index is 12.0. The molecule has 0 saturated carbocycles. The van der Waals surface area contributed by atoms with Crippen LogP contribution in [0.4, 0.5) is 13.2 Å². The number of carbonyl (C=O) groups excluding carboxylic acids is 1. The number of aromatic nitrogens is 1. The van der Waals surface area contributed by atoms with Gasteiger partial charge in [-0.2, -0.15) is 13.2 Å². The molecule has 2 N–H and O–H groups in total. The van der Waals surface area contributed by atoms with E-state index in [2.05, 4.69) is 9.72 Å². The van der Waals surface area contributed by atoms with Gasteiger partial charge in [0.15, 0.2) is 6.61 Å². The highest BCUT2D eigenvalue weighted by Crippen LogP contribution is 2.16. The van der Waals surface area contributed by atoms with Gasteiger partial charge in [0.1, 0.15) is 6.04 Å². The van der Waals surface area contributed by atoms with Gasteiger partial charge in [0.2, 0.25) is 0 Å². The molecule has 0 bridgehead atoms. The molecule has 0 aliphatic rings. The fourth-order valence-corrected chi connectivity index (χ4v) is 1.85. The van der Waals surface area contributed by atoms with Gasteiger partial charge >= 0.3 is 12.1 Å². The highest BCUT2D eigenvalue weighted by atomic mass is 19.4. The van der Waals surface area contributed by atoms with Crippen molar-refractivity contribution in [3.63, 3.8) is 0 Å². The Morgan fingerprint density at radius 2 is 2.10 bits per heavy atom. The quantitative estimate of drug-likeness (QED) is 0.879. The first kappa shape index (κ1) is 15.2. The van der Waals surface area contributed by atoms with Crippen molar-refractivity contribution in [2.75, 3.05) is 6.61 Å². The van der Waals surface area contributed by atoms with Crippen LogP contribution in [0.1, 0.15) is 5.56 Å². The monoisotopic (exact) mass is 298 g/mol. The number of carbonyl (C=O) groups is 1. The van der Waals surface area contributed by atoms with E-state index in [0.717, 1.165) is 16.5 Å². The SMILES string of the molecule is N[C@@H](Cc1ccc2ncccc2c1)C(=O)OCC(F)(F)F. The Kier molecular flexibility index (Phi) is 4.42. The third kappa shape index (κ3) is 4.42. The van der Waals surface area contributed by atoms with Gasteiger partial charge in [0.05, 0.1) is 5.52 Å². The zero-order valence-electron chi connectivity index (χ0n) is 10.9. The molecule has 2 rings (SSSR count). The summed E-state index contributed by atoms with van der Waals surface area (Å²) in [6.07, 6.45) is -2.80. The molecule has 21 heavy (non-hydrogen) atoms. The van der Waals surface area contributed by atoms with Crippen LogP contribution in [-0.4, -0.2) is 29.8 Å². The number of nitrogens with zero attached hydrogens (tertiary/aromatic N) is 1. The summed E-state index contributed by atoms with van der Waals surface area (Å²) in [7, 11) is 0. The first-order valence-corrected chi connectivity index (χ1v) is 6.18. The fraction of sp³-hybridized carbons (Fsp3) is 0.286. The van der Waals surface area contributed by atoms with Crippen LogP contribution in [-0.2, 0) is 16.0 Å². The number of esters is 1. The minimum absolute atomic E-state index is 0.0987. The van der Waals surface area contributed by atoms with Crippen LogP contribution in [0.25, 0.3) is 10.9 Å². The number of pyridine rings is 1. The van der Waals surface area contributed by atoms with Gasteiger partial charge in [-0.3, -0.25) is 9.78 Å². The van der Waals surface area contributed by atoms with E-state index in [1.807, 2.05) is 6.07 Å². The number of rotatable bonds is 4. The molecular weight excluding hydrogens is 285 g/mol. The number of hydrogen-bond acceptors (Lipinski definition) is 4. The number of fused-ring (bicyclic) bond motifs is 1. The molecule has 1 atom stereocenters. The first-order valence-electron chi connectivity index (χ1n) is 6.18. The number of alkyl halides is 3. The highest BCUT2D eigenvalue weighted by Gasteiger charge is 2.30. The summed E-state index contributed by atoms with van der Waals surface area (Å²) >= 11 is 0. The van der Waals surface area contributed by atoms with Crippen LogP contribution >= 0.6 is 0 Å². The molecular formula is C14H13F3N2O2. The maximum atomic E-state index is 12.0. The lowest BCUT2D eigenvalue weighted by Crippen LogP contribution is -2.36. The molecule has 0 saturated heterocycles. The molecule has 2 aromatic rings. The van der Waals surface area contributed by atoms with E-state index in [1.54, 1.807) is 30.5 Å². The standard InChI is InChI=1S/C14H13F3N2O2/c15-14(16,17)8-21-13(20)11(18)7-9-3-4-12-10(6-9)2-1-5-19-12/h1-6,11H,7-8,18H2/t11-/m0/s1. The van der Waals surface area contributed by atoms with Gasteiger partial charge in [0, 0.05) is 11.6 Å². The number of ether oxygens (including phenoxy) is 1. The van der Waals surface area contributed by atoms with Crippen molar-refractivity contribution in [1.29, 1.82) is 0 Å².